The second kappa shape index (κ2) is 10.3. The van der Waals surface area contributed by atoms with Gasteiger partial charge in [-0.05, 0) is 30.7 Å². The number of rotatable bonds is 7. The molecule has 0 spiro atoms. The van der Waals surface area contributed by atoms with E-state index in [0.717, 1.165) is 18.7 Å². The predicted octanol–water partition coefficient (Wildman–Crippen LogP) is 3.73. The summed E-state index contributed by atoms with van der Waals surface area (Å²) in [5.41, 5.74) is 0.793. The molecule has 1 heterocycles. The molecule has 0 radical (unpaired) electrons. The summed E-state index contributed by atoms with van der Waals surface area (Å²) in [6.45, 7) is 6.16. The molecule has 1 amide bonds. The van der Waals surface area contributed by atoms with E-state index in [2.05, 4.69) is 4.90 Å². The molecule has 2 aromatic rings. The number of nitrogens with zero attached hydrogens (tertiary/aromatic N) is 2. The zero-order chi connectivity index (χ0) is 20.6. The summed E-state index contributed by atoms with van der Waals surface area (Å²) >= 11 is 0. The first kappa shape index (κ1) is 21.1. The number of amides is 1. The average molecular weight is 400 g/mol. The van der Waals surface area contributed by atoms with E-state index in [1.807, 2.05) is 37.3 Å². The minimum atomic E-state index is -0.690. The van der Waals surface area contributed by atoms with Crippen molar-refractivity contribution >= 4 is 12.0 Å². The van der Waals surface area contributed by atoms with Crippen molar-refractivity contribution in [3.8, 4) is 0 Å². The molecule has 4 nitrogen and oxygen atoms in total. The molecule has 1 aliphatic rings. The van der Waals surface area contributed by atoms with Crippen molar-refractivity contribution < 1.29 is 18.3 Å². The first-order valence-electron chi connectivity index (χ1n) is 9.81. The summed E-state index contributed by atoms with van der Waals surface area (Å²) in [5, 5.41) is 0. The Morgan fingerprint density at radius 1 is 1.10 bits per heavy atom. The van der Waals surface area contributed by atoms with Crippen molar-refractivity contribution in [2.75, 3.05) is 32.8 Å². The summed E-state index contributed by atoms with van der Waals surface area (Å²) in [6, 6.07) is 13.3. The molecule has 1 saturated heterocycles. The summed E-state index contributed by atoms with van der Waals surface area (Å²) in [4.78, 5) is 17.0. The maximum absolute atomic E-state index is 13.9. The van der Waals surface area contributed by atoms with Crippen LogP contribution in [0.4, 0.5) is 8.78 Å². The lowest BCUT2D eigenvalue weighted by molar-refractivity contribution is -0.129. The quantitative estimate of drug-likeness (QED) is 0.664. The van der Waals surface area contributed by atoms with Gasteiger partial charge in [0.25, 0.3) is 0 Å². The Kier molecular flexibility index (Phi) is 7.49. The van der Waals surface area contributed by atoms with E-state index >= 15 is 0 Å². The number of benzene rings is 2. The summed E-state index contributed by atoms with van der Waals surface area (Å²) < 4.78 is 33.2. The van der Waals surface area contributed by atoms with E-state index in [1.165, 1.54) is 30.4 Å². The third kappa shape index (κ3) is 5.95. The van der Waals surface area contributed by atoms with Gasteiger partial charge in [0.2, 0.25) is 5.91 Å². The van der Waals surface area contributed by atoms with Crippen LogP contribution in [-0.2, 0) is 16.1 Å². The van der Waals surface area contributed by atoms with Gasteiger partial charge in [-0.3, -0.25) is 9.69 Å². The van der Waals surface area contributed by atoms with Crippen LogP contribution < -0.4 is 0 Å². The lowest BCUT2D eigenvalue weighted by Gasteiger charge is -2.34. The van der Waals surface area contributed by atoms with Gasteiger partial charge in [0.1, 0.15) is 11.6 Å². The zero-order valence-corrected chi connectivity index (χ0v) is 16.6. The highest BCUT2D eigenvalue weighted by Crippen LogP contribution is 2.16. The topological polar surface area (TPSA) is 32.8 Å². The van der Waals surface area contributed by atoms with Crippen LogP contribution in [0.1, 0.15) is 18.1 Å². The molecule has 29 heavy (non-hydrogen) atoms. The van der Waals surface area contributed by atoms with Gasteiger partial charge in [0.05, 0.1) is 13.2 Å². The van der Waals surface area contributed by atoms with Gasteiger partial charge in [-0.1, -0.05) is 36.4 Å². The van der Waals surface area contributed by atoms with Gasteiger partial charge in [0.15, 0.2) is 0 Å². The molecule has 0 bridgehead atoms. The third-order valence-electron chi connectivity index (χ3n) is 5.03. The summed E-state index contributed by atoms with van der Waals surface area (Å²) in [6.07, 6.45) is 2.46. The Bertz CT molecular complexity index is 816. The third-order valence-corrected chi connectivity index (χ3v) is 5.03. The lowest BCUT2D eigenvalue weighted by Crippen LogP contribution is -2.47. The fourth-order valence-electron chi connectivity index (χ4n) is 3.41. The largest absolute Gasteiger partial charge is 0.379 e. The van der Waals surface area contributed by atoms with Gasteiger partial charge in [-0.2, -0.15) is 0 Å². The molecule has 1 aliphatic heterocycles. The van der Waals surface area contributed by atoms with Crippen molar-refractivity contribution in [3.63, 3.8) is 0 Å². The minimum absolute atomic E-state index is 0.0732. The second-order valence-electron chi connectivity index (χ2n) is 7.18. The number of hydrogen-bond acceptors (Lipinski definition) is 3. The van der Waals surface area contributed by atoms with E-state index in [-0.39, 0.29) is 17.5 Å². The molecule has 0 saturated carbocycles. The second-order valence-corrected chi connectivity index (χ2v) is 7.18. The molecule has 1 unspecified atom stereocenters. The molecule has 1 fully saturated rings. The molecule has 3 rings (SSSR count). The molecular formula is C23H26F2N2O2. The van der Waals surface area contributed by atoms with E-state index in [4.69, 9.17) is 4.74 Å². The van der Waals surface area contributed by atoms with Crippen LogP contribution in [0.25, 0.3) is 6.08 Å². The van der Waals surface area contributed by atoms with Gasteiger partial charge >= 0.3 is 0 Å². The highest BCUT2D eigenvalue weighted by molar-refractivity contribution is 5.92. The fraction of sp³-hybridized carbons (Fsp3) is 0.348. The number of hydrogen-bond donors (Lipinski definition) is 0. The van der Waals surface area contributed by atoms with Gasteiger partial charge < -0.3 is 9.64 Å². The van der Waals surface area contributed by atoms with Crippen LogP contribution in [-0.4, -0.2) is 54.6 Å². The number of ether oxygens (including phenoxy) is 1. The number of halogens is 2. The molecule has 1 atom stereocenters. The maximum Gasteiger partial charge on any atom is 0.247 e. The van der Waals surface area contributed by atoms with Crippen molar-refractivity contribution in [2.45, 2.75) is 19.5 Å². The minimum Gasteiger partial charge on any atom is -0.379 e. The molecule has 0 N–H and O–H groups in total. The predicted molar refractivity (Wildman–Crippen MR) is 109 cm³/mol. The van der Waals surface area contributed by atoms with E-state index < -0.39 is 11.6 Å². The number of morpholine rings is 1. The van der Waals surface area contributed by atoms with E-state index in [0.29, 0.717) is 26.3 Å². The molecular weight excluding hydrogens is 374 g/mol. The van der Waals surface area contributed by atoms with Crippen LogP contribution in [0, 0.1) is 11.6 Å². The standard InChI is InChI=1S/C23H26F2N2O2/c1-18(16-26-12-14-29-15-13-26)27(17-19-6-3-2-4-7-19)23(28)11-10-20-21(24)8-5-9-22(20)25/h2-11,18H,12-17H2,1H3/b11-10+. The fourth-order valence-corrected chi connectivity index (χ4v) is 3.41. The normalized spacial score (nSPS) is 16.1. The van der Waals surface area contributed by atoms with Gasteiger partial charge in [-0.15, -0.1) is 0 Å². The zero-order valence-electron chi connectivity index (χ0n) is 16.6. The van der Waals surface area contributed by atoms with Crippen LogP contribution in [0.5, 0.6) is 0 Å². The first-order chi connectivity index (χ1) is 14.0. The Morgan fingerprint density at radius 3 is 2.41 bits per heavy atom. The molecule has 154 valence electrons. The Hall–Kier alpha value is -2.57. The van der Waals surface area contributed by atoms with Gasteiger partial charge in [0, 0.05) is 43.9 Å². The smallest absolute Gasteiger partial charge is 0.247 e. The van der Waals surface area contributed by atoms with Crippen molar-refractivity contribution in [1.29, 1.82) is 0 Å². The highest BCUT2D eigenvalue weighted by atomic mass is 19.1. The van der Waals surface area contributed by atoms with Gasteiger partial charge in [-0.25, -0.2) is 8.78 Å². The van der Waals surface area contributed by atoms with Crippen LogP contribution in [0.3, 0.4) is 0 Å². The Morgan fingerprint density at radius 2 is 1.76 bits per heavy atom. The highest BCUT2D eigenvalue weighted by Gasteiger charge is 2.22. The van der Waals surface area contributed by atoms with Crippen molar-refractivity contribution in [3.05, 3.63) is 77.4 Å². The Balaban J connectivity index is 1.77. The van der Waals surface area contributed by atoms with E-state index in [1.54, 1.807) is 4.90 Å². The lowest BCUT2D eigenvalue weighted by atomic mass is 10.1. The monoisotopic (exact) mass is 400 g/mol. The van der Waals surface area contributed by atoms with Crippen LogP contribution in [0.15, 0.2) is 54.6 Å². The molecule has 0 aromatic heterocycles. The maximum atomic E-state index is 13.9. The number of carbonyl (C=O) groups excluding carboxylic acids is 1. The van der Waals surface area contributed by atoms with E-state index in [9.17, 15) is 13.6 Å². The van der Waals surface area contributed by atoms with Crippen molar-refractivity contribution in [2.24, 2.45) is 0 Å². The molecule has 0 aliphatic carbocycles. The average Bonchev–Trinajstić information content (AvgIpc) is 2.73. The molecule has 2 aromatic carbocycles. The first-order valence-corrected chi connectivity index (χ1v) is 9.81. The Labute approximate surface area is 170 Å². The SMILES string of the molecule is CC(CN1CCOCC1)N(Cc1ccccc1)C(=O)/C=C/c1c(F)cccc1F. The summed E-state index contributed by atoms with van der Waals surface area (Å²) in [7, 11) is 0. The molecule has 6 heteroatoms. The summed E-state index contributed by atoms with van der Waals surface area (Å²) in [5.74, 6) is -1.66. The van der Waals surface area contributed by atoms with Crippen LogP contribution >= 0.6 is 0 Å². The van der Waals surface area contributed by atoms with Crippen molar-refractivity contribution in [1.82, 2.24) is 9.80 Å². The number of carbonyl (C=O) groups is 1. The van der Waals surface area contributed by atoms with Crippen LogP contribution in [0.2, 0.25) is 0 Å².